The maximum atomic E-state index is 5.40. The molecule has 2 rings (SSSR count). The van der Waals surface area contributed by atoms with Gasteiger partial charge in [0.15, 0.2) is 0 Å². The summed E-state index contributed by atoms with van der Waals surface area (Å²) in [6.45, 7) is 12.5. The minimum Gasteiger partial charge on any atom is -0.379 e. The minimum atomic E-state index is 0.532. The molecule has 1 fully saturated rings. The van der Waals surface area contributed by atoms with Gasteiger partial charge in [0, 0.05) is 13.1 Å². The summed E-state index contributed by atoms with van der Waals surface area (Å²) in [5.74, 6) is 1.09. The van der Waals surface area contributed by atoms with E-state index >= 15 is 0 Å². The molecule has 1 N–H and O–H groups in total. The van der Waals surface area contributed by atoms with Gasteiger partial charge in [-0.15, -0.1) is 0 Å². The predicted molar refractivity (Wildman–Crippen MR) is 80.6 cm³/mol. The van der Waals surface area contributed by atoms with Crippen LogP contribution in [0.4, 0.5) is 5.69 Å². The fourth-order valence-electron chi connectivity index (χ4n) is 2.38. The zero-order valence-corrected chi connectivity index (χ0v) is 12.6. The molecule has 3 heteroatoms. The highest BCUT2D eigenvalue weighted by molar-refractivity contribution is 5.54. The van der Waals surface area contributed by atoms with Gasteiger partial charge in [0.2, 0.25) is 0 Å². The van der Waals surface area contributed by atoms with E-state index in [-0.39, 0.29) is 0 Å². The smallest absolute Gasteiger partial charge is 0.0612 e. The van der Waals surface area contributed by atoms with Gasteiger partial charge in [0.1, 0.15) is 0 Å². The highest BCUT2D eigenvalue weighted by atomic mass is 16.5. The van der Waals surface area contributed by atoms with Crippen LogP contribution in [0, 0.1) is 0 Å². The number of nitrogens with zero attached hydrogens (tertiary/aromatic N) is 1. The molecule has 3 nitrogen and oxygen atoms in total. The molecule has 0 atom stereocenters. The maximum Gasteiger partial charge on any atom is 0.0612 e. The molecule has 0 aromatic heterocycles. The van der Waals surface area contributed by atoms with Crippen LogP contribution in [0.5, 0.6) is 0 Å². The van der Waals surface area contributed by atoms with Crippen LogP contribution in [0.25, 0.3) is 0 Å². The van der Waals surface area contributed by atoms with Gasteiger partial charge in [0.25, 0.3) is 0 Å². The molecule has 1 aliphatic rings. The van der Waals surface area contributed by atoms with E-state index < -0.39 is 0 Å². The second-order valence-corrected chi connectivity index (χ2v) is 5.87. The highest BCUT2D eigenvalue weighted by Gasteiger charge is 2.14. The van der Waals surface area contributed by atoms with Crippen LogP contribution in [0.1, 0.15) is 50.7 Å². The Bertz CT molecular complexity index is 409. The third-order valence-corrected chi connectivity index (χ3v) is 3.66. The Kier molecular flexibility index (Phi) is 4.83. The first-order valence-corrected chi connectivity index (χ1v) is 7.31. The van der Waals surface area contributed by atoms with Gasteiger partial charge in [-0.3, -0.25) is 0 Å². The van der Waals surface area contributed by atoms with E-state index in [9.17, 15) is 0 Å². The summed E-state index contributed by atoms with van der Waals surface area (Å²) in [5, 5.41) is 2.26. The molecule has 0 saturated carbocycles. The Morgan fingerprint density at radius 2 is 1.74 bits per heavy atom. The second kappa shape index (κ2) is 6.40. The van der Waals surface area contributed by atoms with Gasteiger partial charge in [-0.2, -0.15) is 0 Å². The van der Waals surface area contributed by atoms with E-state index in [4.69, 9.17) is 4.74 Å². The molecule has 0 unspecified atom stereocenters. The van der Waals surface area contributed by atoms with Gasteiger partial charge in [-0.1, -0.05) is 39.8 Å². The number of benzene rings is 1. The first-order chi connectivity index (χ1) is 9.08. The van der Waals surface area contributed by atoms with Crippen molar-refractivity contribution in [2.45, 2.75) is 39.5 Å². The number of rotatable bonds is 4. The monoisotopic (exact) mass is 262 g/mol. The third kappa shape index (κ3) is 3.71. The number of ether oxygens (including phenoxy) is 1. The third-order valence-electron chi connectivity index (χ3n) is 3.66. The first kappa shape index (κ1) is 14.4. The van der Waals surface area contributed by atoms with E-state index in [1.807, 2.05) is 0 Å². The van der Waals surface area contributed by atoms with E-state index in [0.29, 0.717) is 11.8 Å². The molecule has 0 radical (unpaired) electrons. The SMILES string of the molecule is CC(C)c1ccc(C(C)C)c(NN2CCOCC2)c1. The van der Waals surface area contributed by atoms with Crippen LogP contribution in [0.15, 0.2) is 18.2 Å². The molecule has 0 spiro atoms. The van der Waals surface area contributed by atoms with Crippen molar-refractivity contribution < 1.29 is 4.74 Å². The average Bonchev–Trinajstić information content (AvgIpc) is 2.39. The van der Waals surface area contributed by atoms with Crippen LogP contribution in [0.2, 0.25) is 0 Å². The number of hydrazine groups is 1. The largest absolute Gasteiger partial charge is 0.379 e. The number of morpholine rings is 1. The zero-order valence-electron chi connectivity index (χ0n) is 12.6. The van der Waals surface area contributed by atoms with Crippen molar-refractivity contribution in [1.82, 2.24) is 5.01 Å². The fourth-order valence-corrected chi connectivity index (χ4v) is 2.38. The lowest BCUT2D eigenvalue weighted by Crippen LogP contribution is -2.40. The Morgan fingerprint density at radius 1 is 1.05 bits per heavy atom. The molecule has 0 amide bonds. The molecule has 19 heavy (non-hydrogen) atoms. The van der Waals surface area contributed by atoms with E-state index in [0.717, 1.165) is 26.3 Å². The molecule has 1 saturated heterocycles. The summed E-state index contributed by atoms with van der Waals surface area (Å²) in [6.07, 6.45) is 0. The van der Waals surface area contributed by atoms with E-state index in [1.54, 1.807) is 0 Å². The molecule has 1 heterocycles. The molecule has 1 aliphatic heterocycles. The van der Waals surface area contributed by atoms with Crippen molar-refractivity contribution in [3.8, 4) is 0 Å². The molecular formula is C16H26N2O. The van der Waals surface area contributed by atoms with Crippen LogP contribution in [0.3, 0.4) is 0 Å². The lowest BCUT2D eigenvalue weighted by atomic mass is 9.95. The molecule has 0 bridgehead atoms. The zero-order chi connectivity index (χ0) is 13.8. The summed E-state index contributed by atoms with van der Waals surface area (Å²) in [6, 6.07) is 6.82. The van der Waals surface area contributed by atoms with Crippen molar-refractivity contribution in [1.29, 1.82) is 0 Å². The Balaban J connectivity index is 2.21. The minimum absolute atomic E-state index is 0.532. The van der Waals surface area contributed by atoms with Gasteiger partial charge < -0.3 is 10.2 Å². The number of anilines is 1. The van der Waals surface area contributed by atoms with E-state index in [2.05, 4.69) is 56.3 Å². The number of hydrogen-bond acceptors (Lipinski definition) is 3. The lowest BCUT2D eigenvalue weighted by Gasteiger charge is -2.30. The van der Waals surface area contributed by atoms with E-state index in [1.165, 1.54) is 16.8 Å². The van der Waals surface area contributed by atoms with Crippen molar-refractivity contribution >= 4 is 5.69 Å². The van der Waals surface area contributed by atoms with Crippen LogP contribution in [-0.2, 0) is 4.74 Å². The van der Waals surface area contributed by atoms with Crippen molar-refractivity contribution in [3.63, 3.8) is 0 Å². The highest BCUT2D eigenvalue weighted by Crippen LogP contribution is 2.28. The van der Waals surface area contributed by atoms with Gasteiger partial charge in [-0.05, 0) is 29.0 Å². The molecule has 0 aliphatic carbocycles. The lowest BCUT2D eigenvalue weighted by molar-refractivity contribution is 0.0496. The summed E-state index contributed by atoms with van der Waals surface area (Å²) in [7, 11) is 0. The first-order valence-electron chi connectivity index (χ1n) is 7.31. The van der Waals surface area contributed by atoms with Crippen LogP contribution < -0.4 is 5.43 Å². The van der Waals surface area contributed by atoms with Crippen molar-refractivity contribution in [2.24, 2.45) is 0 Å². The Hall–Kier alpha value is -1.06. The summed E-state index contributed by atoms with van der Waals surface area (Å²) in [4.78, 5) is 0. The molecule has 106 valence electrons. The normalized spacial score (nSPS) is 17.2. The average molecular weight is 262 g/mol. The molecule has 1 aromatic rings. The number of nitrogens with one attached hydrogen (secondary N) is 1. The topological polar surface area (TPSA) is 24.5 Å². The summed E-state index contributed by atoms with van der Waals surface area (Å²) < 4.78 is 5.40. The van der Waals surface area contributed by atoms with Gasteiger partial charge >= 0.3 is 0 Å². The van der Waals surface area contributed by atoms with Crippen LogP contribution >= 0.6 is 0 Å². The quantitative estimate of drug-likeness (QED) is 0.897. The Labute approximate surface area is 116 Å². The van der Waals surface area contributed by atoms with Crippen molar-refractivity contribution in [3.05, 3.63) is 29.3 Å². The molecular weight excluding hydrogens is 236 g/mol. The maximum absolute atomic E-state index is 5.40. The summed E-state index contributed by atoms with van der Waals surface area (Å²) in [5.41, 5.74) is 7.61. The number of hydrogen-bond donors (Lipinski definition) is 1. The Morgan fingerprint density at radius 3 is 2.32 bits per heavy atom. The van der Waals surface area contributed by atoms with Crippen LogP contribution in [-0.4, -0.2) is 31.3 Å². The standard InChI is InChI=1S/C16H26N2O/c1-12(2)14-5-6-15(13(3)4)16(11-14)17-18-7-9-19-10-8-18/h5-6,11-13,17H,7-10H2,1-4H3. The van der Waals surface area contributed by atoms with Gasteiger partial charge in [0.05, 0.1) is 18.9 Å². The second-order valence-electron chi connectivity index (χ2n) is 5.87. The fraction of sp³-hybridized carbons (Fsp3) is 0.625. The van der Waals surface area contributed by atoms with Crippen molar-refractivity contribution in [2.75, 3.05) is 31.7 Å². The predicted octanol–water partition coefficient (Wildman–Crippen LogP) is 3.59. The van der Waals surface area contributed by atoms with Gasteiger partial charge in [-0.25, -0.2) is 5.01 Å². The molecule has 1 aromatic carbocycles. The summed E-state index contributed by atoms with van der Waals surface area (Å²) >= 11 is 0.